The quantitative estimate of drug-likeness (QED) is 0.921. The van der Waals surface area contributed by atoms with Gasteiger partial charge in [-0.05, 0) is 54.2 Å². The van der Waals surface area contributed by atoms with Gasteiger partial charge in [-0.2, -0.15) is 0 Å². The summed E-state index contributed by atoms with van der Waals surface area (Å²) in [7, 11) is 0. The van der Waals surface area contributed by atoms with E-state index in [0.29, 0.717) is 0 Å². The Bertz CT molecular complexity index is 582. The SMILES string of the molecule is Cc1ncc2c(n1)CCC[C@@H]2Nc1ccc(Br)cn1. The Morgan fingerprint density at radius 3 is 2.95 bits per heavy atom. The molecule has 2 aromatic rings. The summed E-state index contributed by atoms with van der Waals surface area (Å²) in [5.41, 5.74) is 2.38. The highest BCUT2D eigenvalue weighted by Crippen LogP contribution is 2.30. The Labute approximate surface area is 120 Å². The van der Waals surface area contributed by atoms with E-state index in [2.05, 4.69) is 36.2 Å². The lowest BCUT2D eigenvalue weighted by Gasteiger charge is -2.25. The molecule has 1 N–H and O–H groups in total. The maximum atomic E-state index is 4.54. The van der Waals surface area contributed by atoms with Gasteiger partial charge in [0.25, 0.3) is 0 Å². The van der Waals surface area contributed by atoms with Crippen LogP contribution in [0.3, 0.4) is 0 Å². The lowest BCUT2D eigenvalue weighted by molar-refractivity contribution is 0.580. The van der Waals surface area contributed by atoms with E-state index < -0.39 is 0 Å². The zero-order chi connectivity index (χ0) is 13.2. The number of aryl methyl sites for hydroxylation is 2. The molecule has 1 aliphatic rings. The van der Waals surface area contributed by atoms with E-state index in [1.165, 1.54) is 11.3 Å². The normalized spacial score (nSPS) is 17.9. The van der Waals surface area contributed by atoms with E-state index in [9.17, 15) is 0 Å². The minimum absolute atomic E-state index is 0.262. The summed E-state index contributed by atoms with van der Waals surface area (Å²) in [6.07, 6.45) is 7.05. The summed E-state index contributed by atoms with van der Waals surface area (Å²) in [6, 6.07) is 4.23. The van der Waals surface area contributed by atoms with Gasteiger partial charge in [-0.25, -0.2) is 15.0 Å². The first-order chi connectivity index (χ1) is 9.22. The van der Waals surface area contributed by atoms with Crippen LogP contribution in [-0.2, 0) is 6.42 Å². The number of nitrogens with zero attached hydrogens (tertiary/aromatic N) is 3. The number of anilines is 1. The topological polar surface area (TPSA) is 50.7 Å². The third-order valence-corrected chi connectivity index (χ3v) is 3.82. The van der Waals surface area contributed by atoms with Gasteiger partial charge < -0.3 is 5.32 Å². The number of hydrogen-bond donors (Lipinski definition) is 1. The van der Waals surface area contributed by atoms with Crippen molar-refractivity contribution in [3.8, 4) is 0 Å². The van der Waals surface area contributed by atoms with Crippen LogP contribution in [0.2, 0.25) is 0 Å². The number of fused-ring (bicyclic) bond motifs is 1. The van der Waals surface area contributed by atoms with E-state index >= 15 is 0 Å². The van der Waals surface area contributed by atoms with Crippen molar-refractivity contribution in [1.29, 1.82) is 0 Å². The summed E-state index contributed by atoms with van der Waals surface area (Å²) < 4.78 is 0.987. The zero-order valence-corrected chi connectivity index (χ0v) is 12.3. The maximum absolute atomic E-state index is 4.54. The number of pyridine rings is 1. The summed E-state index contributed by atoms with van der Waals surface area (Å²) in [4.78, 5) is 13.2. The van der Waals surface area contributed by atoms with Crippen molar-refractivity contribution in [2.75, 3.05) is 5.32 Å². The Morgan fingerprint density at radius 1 is 1.26 bits per heavy atom. The largest absolute Gasteiger partial charge is 0.363 e. The van der Waals surface area contributed by atoms with Gasteiger partial charge in [-0.3, -0.25) is 0 Å². The van der Waals surface area contributed by atoms with Crippen LogP contribution in [0.1, 0.15) is 36.0 Å². The molecule has 0 spiro atoms. The molecule has 0 bridgehead atoms. The number of nitrogens with one attached hydrogen (secondary N) is 1. The minimum atomic E-state index is 0.262. The minimum Gasteiger partial charge on any atom is -0.363 e. The fourth-order valence-corrected chi connectivity index (χ4v) is 2.67. The molecule has 4 nitrogen and oxygen atoms in total. The summed E-state index contributed by atoms with van der Waals surface area (Å²) >= 11 is 3.39. The maximum Gasteiger partial charge on any atom is 0.126 e. The number of halogens is 1. The van der Waals surface area contributed by atoms with E-state index in [1.54, 1.807) is 6.20 Å². The molecular formula is C14H15BrN4. The standard InChI is InChI=1S/C14H15BrN4/c1-9-16-8-11-12(18-9)3-2-4-13(11)19-14-6-5-10(15)7-17-14/h5-8,13H,2-4H2,1H3,(H,17,19)/t13-/m0/s1. The Hall–Kier alpha value is -1.49. The highest BCUT2D eigenvalue weighted by molar-refractivity contribution is 9.10. The molecular weight excluding hydrogens is 304 g/mol. The molecule has 98 valence electrons. The fourth-order valence-electron chi connectivity index (χ4n) is 2.44. The zero-order valence-electron chi connectivity index (χ0n) is 10.7. The number of rotatable bonds is 2. The van der Waals surface area contributed by atoms with Crippen LogP contribution in [0.25, 0.3) is 0 Å². The molecule has 0 unspecified atom stereocenters. The predicted octanol–water partition coefficient (Wildman–Crippen LogP) is 3.43. The summed E-state index contributed by atoms with van der Waals surface area (Å²) in [6.45, 7) is 1.94. The second-order valence-electron chi connectivity index (χ2n) is 4.77. The van der Waals surface area contributed by atoms with Crippen LogP contribution in [-0.4, -0.2) is 15.0 Å². The monoisotopic (exact) mass is 318 g/mol. The van der Waals surface area contributed by atoms with Gasteiger partial charge in [0.2, 0.25) is 0 Å². The average Bonchev–Trinajstić information content (AvgIpc) is 2.41. The van der Waals surface area contributed by atoms with Crippen molar-refractivity contribution < 1.29 is 0 Å². The molecule has 2 aromatic heterocycles. The molecule has 0 saturated heterocycles. The van der Waals surface area contributed by atoms with Crippen LogP contribution < -0.4 is 5.32 Å². The summed E-state index contributed by atoms with van der Waals surface area (Å²) in [5.74, 6) is 1.74. The van der Waals surface area contributed by atoms with Crippen molar-refractivity contribution in [2.24, 2.45) is 0 Å². The van der Waals surface area contributed by atoms with Gasteiger partial charge in [0, 0.05) is 28.1 Å². The van der Waals surface area contributed by atoms with Crippen molar-refractivity contribution >= 4 is 21.7 Å². The Morgan fingerprint density at radius 2 is 2.16 bits per heavy atom. The molecule has 1 aliphatic carbocycles. The average molecular weight is 319 g/mol. The molecule has 3 rings (SSSR count). The van der Waals surface area contributed by atoms with Crippen molar-refractivity contribution in [1.82, 2.24) is 15.0 Å². The Kier molecular flexibility index (Phi) is 3.46. The summed E-state index contributed by atoms with van der Waals surface area (Å²) in [5, 5.41) is 3.47. The van der Waals surface area contributed by atoms with Gasteiger partial charge in [-0.15, -0.1) is 0 Å². The fraction of sp³-hybridized carbons (Fsp3) is 0.357. The molecule has 1 atom stereocenters. The van der Waals surface area contributed by atoms with Gasteiger partial charge in [-0.1, -0.05) is 0 Å². The van der Waals surface area contributed by atoms with Crippen molar-refractivity contribution in [3.63, 3.8) is 0 Å². The van der Waals surface area contributed by atoms with Gasteiger partial charge in [0.15, 0.2) is 0 Å². The highest BCUT2D eigenvalue weighted by atomic mass is 79.9. The first-order valence-electron chi connectivity index (χ1n) is 6.43. The van der Waals surface area contributed by atoms with E-state index in [1.807, 2.05) is 25.3 Å². The first-order valence-corrected chi connectivity index (χ1v) is 7.22. The molecule has 2 heterocycles. The molecule has 0 amide bonds. The molecule has 19 heavy (non-hydrogen) atoms. The molecule has 0 saturated carbocycles. The third-order valence-electron chi connectivity index (χ3n) is 3.35. The molecule has 0 aromatic carbocycles. The van der Waals surface area contributed by atoms with Crippen LogP contribution in [0, 0.1) is 6.92 Å². The van der Waals surface area contributed by atoms with Crippen LogP contribution in [0.15, 0.2) is 29.0 Å². The highest BCUT2D eigenvalue weighted by Gasteiger charge is 2.21. The van der Waals surface area contributed by atoms with Crippen LogP contribution >= 0.6 is 15.9 Å². The first kappa shape index (κ1) is 12.5. The number of aromatic nitrogens is 3. The van der Waals surface area contributed by atoms with Gasteiger partial charge >= 0.3 is 0 Å². The lowest BCUT2D eigenvalue weighted by atomic mass is 9.92. The molecule has 0 aliphatic heterocycles. The number of hydrogen-bond acceptors (Lipinski definition) is 4. The lowest BCUT2D eigenvalue weighted by Crippen LogP contribution is -2.19. The third kappa shape index (κ3) is 2.76. The Balaban J connectivity index is 1.85. The van der Waals surface area contributed by atoms with Crippen LogP contribution in [0.4, 0.5) is 5.82 Å². The van der Waals surface area contributed by atoms with Gasteiger partial charge in [0.05, 0.1) is 6.04 Å². The second-order valence-corrected chi connectivity index (χ2v) is 5.69. The van der Waals surface area contributed by atoms with Gasteiger partial charge in [0.1, 0.15) is 11.6 Å². The van der Waals surface area contributed by atoms with E-state index in [4.69, 9.17) is 0 Å². The van der Waals surface area contributed by atoms with Crippen molar-refractivity contribution in [3.05, 3.63) is 46.1 Å². The van der Waals surface area contributed by atoms with Crippen LogP contribution in [0.5, 0.6) is 0 Å². The molecule has 0 fully saturated rings. The molecule has 5 heteroatoms. The van der Waals surface area contributed by atoms with Crippen molar-refractivity contribution in [2.45, 2.75) is 32.2 Å². The van der Waals surface area contributed by atoms with E-state index in [0.717, 1.165) is 35.4 Å². The second kappa shape index (κ2) is 5.25. The van der Waals surface area contributed by atoms with E-state index in [-0.39, 0.29) is 6.04 Å². The predicted molar refractivity (Wildman–Crippen MR) is 78.0 cm³/mol. The smallest absolute Gasteiger partial charge is 0.126 e. The molecule has 0 radical (unpaired) electrons.